The molecule has 0 heterocycles. The minimum atomic E-state index is -4.43. The van der Waals surface area contributed by atoms with E-state index in [0.717, 1.165) is 34.0 Å². The summed E-state index contributed by atoms with van der Waals surface area (Å²) in [6.07, 6.45) is -4.43. The average molecular weight is 377 g/mol. The Morgan fingerprint density at radius 3 is 1.79 bits per heavy atom. The zero-order valence-corrected chi connectivity index (χ0v) is 14.9. The van der Waals surface area contributed by atoms with Gasteiger partial charge in [-0.05, 0) is 45.7 Å². The van der Waals surface area contributed by atoms with Gasteiger partial charge in [-0.1, -0.05) is 78.9 Å². The van der Waals surface area contributed by atoms with E-state index in [4.69, 9.17) is 5.73 Å². The Balaban J connectivity index is 1.98. The summed E-state index contributed by atoms with van der Waals surface area (Å²) in [4.78, 5) is 0. The van der Waals surface area contributed by atoms with Gasteiger partial charge >= 0.3 is 6.18 Å². The van der Waals surface area contributed by atoms with Gasteiger partial charge in [-0.15, -0.1) is 0 Å². The van der Waals surface area contributed by atoms with Gasteiger partial charge in [0.05, 0.1) is 11.1 Å². The van der Waals surface area contributed by atoms with Crippen molar-refractivity contribution < 1.29 is 13.2 Å². The second-order valence-electron chi connectivity index (χ2n) is 6.81. The molecule has 0 aliphatic heterocycles. The van der Waals surface area contributed by atoms with Crippen molar-refractivity contribution in [3.05, 3.63) is 119 Å². The molecule has 0 aliphatic carbocycles. The molecule has 0 amide bonds. The van der Waals surface area contributed by atoms with Gasteiger partial charge in [0.2, 0.25) is 0 Å². The third-order valence-electron chi connectivity index (χ3n) is 5.08. The van der Waals surface area contributed by atoms with Gasteiger partial charge < -0.3 is 5.73 Å². The van der Waals surface area contributed by atoms with Crippen LogP contribution in [0.1, 0.15) is 22.3 Å². The van der Waals surface area contributed by atoms with E-state index in [1.807, 2.05) is 72.8 Å². The molecule has 28 heavy (non-hydrogen) atoms. The van der Waals surface area contributed by atoms with E-state index in [1.54, 1.807) is 6.07 Å². The molecule has 0 aliphatic rings. The molecule has 1 nitrogen and oxygen atoms in total. The van der Waals surface area contributed by atoms with Gasteiger partial charge in [0.25, 0.3) is 0 Å². The summed E-state index contributed by atoms with van der Waals surface area (Å²) >= 11 is 0. The molecule has 0 saturated carbocycles. The molecule has 4 heteroatoms. The maximum atomic E-state index is 13.3. The highest BCUT2D eigenvalue weighted by Crippen LogP contribution is 2.38. The fourth-order valence-electron chi connectivity index (χ4n) is 3.58. The fraction of sp³-hybridized carbons (Fsp3) is 0.0833. The zero-order chi connectivity index (χ0) is 19.8. The van der Waals surface area contributed by atoms with E-state index in [1.165, 1.54) is 6.07 Å². The standard InChI is InChI=1S/C24H18F3N/c25-24(26,27)22-12-6-11-20(16-22)23(28,19-9-2-1-3-10-19)21-14-13-17-7-4-5-8-18(17)15-21/h1-16H,28H2. The van der Waals surface area contributed by atoms with Crippen LogP contribution in [-0.2, 0) is 11.7 Å². The number of hydrogen-bond donors (Lipinski definition) is 1. The molecular formula is C24H18F3N. The lowest BCUT2D eigenvalue weighted by molar-refractivity contribution is -0.137. The fourth-order valence-corrected chi connectivity index (χ4v) is 3.58. The first-order valence-electron chi connectivity index (χ1n) is 8.90. The van der Waals surface area contributed by atoms with Crippen molar-refractivity contribution in [2.45, 2.75) is 11.7 Å². The van der Waals surface area contributed by atoms with Gasteiger partial charge in [-0.2, -0.15) is 13.2 Å². The monoisotopic (exact) mass is 377 g/mol. The molecule has 4 aromatic carbocycles. The Morgan fingerprint density at radius 2 is 1.07 bits per heavy atom. The summed E-state index contributed by atoms with van der Waals surface area (Å²) in [5.74, 6) is 0. The highest BCUT2D eigenvalue weighted by Gasteiger charge is 2.36. The van der Waals surface area contributed by atoms with E-state index in [0.29, 0.717) is 5.56 Å². The van der Waals surface area contributed by atoms with E-state index in [-0.39, 0.29) is 0 Å². The topological polar surface area (TPSA) is 26.0 Å². The minimum absolute atomic E-state index is 0.392. The molecule has 0 radical (unpaired) electrons. The Morgan fingerprint density at radius 1 is 0.500 bits per heavy atom. The predicted octanol–water partition coefficient (Wildman–Crippen LogP) is 6.11. The SMILES string of the molecule is NC(c1ccccc1)(c1cccc(C(F)(F)F)c1)c1ccc2ccccc2c1. The molecule has 4 rings (SSSR count). The predicted molar refractivity (Wildman–Crippen MR) is 106 cm³/mol. The third-order valence-corrected chi connectivity index (χ3v) is 5.08. The molecule has 0 spiro atoms. The lowest BCUT2D eigenvalue weighted by Crippen LogP contribution is -2.39. The van der Waals surface area contributed by atoms with Crippen molar-refractivity contribution in [3.8, 4) is 0 Å². The first-order valence-corrected chi connectivity index (χ1v) is 8.90. The summed E-state index contributed by atoms with van der Waals surface area (Å²) in [5, 5.41) is 2.03. The number of benzene rings is 4. The molecule has 0 saturated heterocycles. The second kappa shape index (κ2) is 6.80. The Kier molecular flexibility index (Phi) is 4.44. The Bertz CT molecular complexity index is 1120. The number of halogens is 3. The maximum absolute atomic E-state index is 13.3. The number of hydrogen-bond acceptors (Lipinski definition) is 1. The van der Waals surface area contributed by atoms with E-state index < -0.39 is 17.3 Å². The van der Waals surface area contributed by atoms with Gasteiger partial charge in [0, 0.05) is 0 Å². The van der Waals surface area contributed by atoms with Crippen LogP contribution in [0.2, 0.25) is 0 Å². The van der Waals surface area contributed by atoms with Crippen molar-refractivity contribution in [1.29, 1.82) is 0 Å². The maximum Gasteiger partial charge on any atom is 0.416 e. The van der Waals surface area contributed by atoms with Crippen LogP contribution in [-0.4, -0.2) is 0 Å². The second-order valence-corrected chi connectivity index (χ2v) is 6.81. The lowest BCUT2D eigenvalue weighted by Gasteiger charge is -2.32. The molecule has 0 aromatic heterocycles. The van der Waals surface area contributed by atoms with Crippen molar-refractivity contribution >= 4 is 10.8 Å². The van der Waals surface area contributed by atoms with Crippen molar-refractivity contribution in [2.24, 2.45) is 5.73 Å². The molecule has 2 N–H and O–H groups in total. The van der Waals surface area contributed by atoms with Gasteiger partial charge in [0.1, 0.15) is 0 Å². The number of rotatable bonds is 3. The lowest BCUT2D eigenvalue weighted by atomic mass is 9.77. The first kappa shape index (κ1) is 18.3. The van der Waals surface area contributed by atoms with Crippen molar-refractivity contribution in [1.82, 2.24) is 0 Å². The van der Waals surface area contributed by atoms with Crippen LogP contribution < -0.4 is 5.73 Å². The largest absolute Gasteiger partial charge is 0.416 e. The van der Waals surface area contributed by atoms with Crippen LogP contribution in [0.15, 0.2) is 97.1 Å². The summed E-state index contributed by atoms with van der Waals surface area (Å²) in [7, 11) is 0. The van der Waals surface area contributed by atoms with E-state index >= 15 is 0 Å². The molecular weight excluding hydrogens is 359 g/mol. The summed E-state index contributed by atoms with van der Waals surface area (Å²) in [6.45, 7) is 0. The van der Waals surface area contributed by atoms with Crippen molar-refractivity contribution in [2.75, 3.05) is 0 Å². The smallest absolute Gasteiger partial charge is 0.314 e. The zero-order valence-electron chi connectivity index (χ0n) is 14.9. The highest BCUT2D eigenvalue weighted by molar-refractivity contribution is 5.83. The highest BCUT2D eigenvalue weighted by atomic mass is 19.4. The van der Waals surface area contributed by atoms with Crippen LogP contribution in [0.5, 0.6) is 0 Å². The third kappa shape index (κ3) is 3.16. The van der Waals surface area contributed by atoms with Gasteiger partial charge in [-0.25, -0.2) is 0 Å². The summed E-state index contributed by atoms with van der Waals surface area (Å²) < 4.78 is 40.0. The molecule has 0 bridgehead atoms. The minimum Gasteiger partial charge on any atom is -0.314 e. The van der Waals surface area contributed by atoms with Crippen LogP contribution in [0.25, 0.3) is 10.8 Å². The average Bonchev–Trinajstić information content (AvgIpc) is 2.73. The van der Waals surface area contributed by atoms with Crippen molar-refractivity contribution in [3.63, 3.8) is 0 Å². The van der Waals surface area contributed by atoms with Gasteiger partial charge in [-0.3, -0.25) is 0 Å². The summed E-state index contributed by atoms with van der Waals surface area (Å²) in [5.41, 5.74) is 6.82. The Labute approximate surface area is 161 Å². The van der Waals surface area contributed by atoms with Crippen LogP contribution in [0.4, 0.5) is 13.2 Å². The molecule has 4 aromatic rings. The van der Waals surface area contributed by atoms with Crippen LogP contribution in [0, 0.1) is 0 Å². The molecule has 1 atom stereocenters. The number of fused-ring (bicyclic) bond motifs is 1. The number of nitrogens with two attached hydrogens (primary N) is 1. The Hall–Kier alpha value is -3.11. The first-order chi connectivity index (χ1) is 13.4. The molecule has 1 unspecified atom stereocenters. The quantitative estimate of drug-likeness (QED) is 0.428. The van der Waals surface area contributed by atoms with E-state index in [2.05, 4.69) is 0 Å². The van der Waals surface area contributed by atoms with Crippen LogP contribution >= 0.6 is 0 Å². The summed E-state index contributed by atoms with van der Waals surface area (Å²) in [6, 6.07) is 28.1. The normalized spacial score (nSPS) is 14.0. The molecule has 0 fully saturated rings. The van der Waals surface area contributed by atoms with Crippen LogP contribution in [0.3, 0.4) is 0 Å². The van der Waals surface area contributed by atoms with E-state index in [9.17, 15) is 13.2 Å². The van der Waals surface area contributed by atoms with Gasteiger partial charge in [0.15, 0.2) is 0 Å². The number of alkyl halides is 3. The molecule has 140 valence electrons.